The van der Waals surface area contributed by atoms with Crippen LogP contribution in [-0.4, -0.2) is 4.98 Å². The van der Waals surface area contributed by atoms with Crippen molar-refractivity contribution in [1.82, 2.24) is 4.98 Å². The van der Waals surface area contributed by atoms with Crippen LogP contribution in [0.5, 0.6) is 0 Å². The van der Waals surface area contributed by atoms with Crippen LogP contribution in [0.2, 0.25) is 0 Å². The number of nitrogens with two attached hydrogens (primary N) is 1. The fraction of sp³-hybridized carbons (Fsp3) is 0.0833. The summed E-state index contributed by atoms with van der Waals surface area (Å²) in [6.07, 6.45) is 3.06. The molecule has 2 aromatic heterocycles. The Morgan fingerprint density at radius 3 is 2.69 bits per heavy atom. The quantitative estimate of drug-likeness (QED) is 0.711. The first-order valence-corrected chi connectivity index (χ1v) is 4.98. The molecule has 4 heteroatoms. The minimum Gasteiger partial charge on any atom is -0.466 e. The lowest BCUT2D eigenvalue weighted by molar-refractivity contribution is 0.488. The molecule has 1 aromatic carbocycles. The third kappa shape index (κ3) is 1.40. The molecule has 2 heterocycles. The van der Waals surface area contributed by atoms with Crippen LogP contribution in [0.15, 0.2) is 51.7 Å². The highest BCUT2D eigenvalue weighted by atomic mass is 16.4. The fourth-order valence-corrected chi connectivity index (χ4v) is 1.63. The molecule has 16 heavy (non-hydrogen) atoms. The van der Waals surface area contributed by atoms with Gasteiger partial charge >= 0.3 is 0 Å². The maximum Gasteiger partial charge on any atom is 0.217 e. The van der Waals surface area contributed by atoms with Crippen LogP contribution in [0, 0.1) is 0 Å². The number of benzene rings is 1. The Labute approximate surface area is 91.7 Å². The molecule has 0 aliphatic rings. The third-order valence-electron chi connectivity index (χ3n) is 2.48. The molecule has 0 aliphatic heterocycles. The number of aromatic nitrogens is 1. The molecule has 0 spiro atoms. The first kappa shape index (κ1) is 9.18. The van der Waals surface area contributed by atoms with Crippen molar-refractivity contribution in [2.24, 2.45) is 5.73 Å². The third-order valence-corrected chi connectivity index (χ3v) is 2.48. The van der Waals surface area contributed by atoms with E-state index in [-0.39, 0.29) is 6.04 Å². The van der Waals surface area contributed by atoms with Crippen LogP contribution in [0.3, 0.4) is 0 Å². The highest BCUT2D eigenvalue weighted by Gasteiger charge is 2.16. The van der Waals surface area contributed by atoms with E-state index in [1.165, 1.54) is 6.26 Å². The highest BCUT2D eigenvalue weighted by molar-refractivity contribution is 5.70. The molecule has 0 radical (unpaired) electrons. The standard InChI is InChI=1S/C12H10N2O2/c13-11(8-4-2-1-3-5-8)12-14-9-6-15-7-10(9)16-12/h1-7,11H,13H2. The van der Waals surface area contributed by atoms with Crippen molar-refractivity contribution in [3.63, 3.8) is 0 Å². The predicted octanol–water partition coefficient (Wildman–Crippen LogP) is 2.47. The zero-order valence-corrected chi connectivity index (χ0v) is 8.46. The first-order valence-electron chi connectivity index (χ1n) is 4.98. The van der Waals surface area contributed by atoms with Gasteiger partial charge in [0.2, 0.25) is 5.89 Å². The van der Waals surface area contributed by atoms with Gasteiger partial charge in [0.25, 0.3) is 0 Å². The normalized spacial score (nSPS) is 13.1. The zero-order chi connectivity index (χ0) is 11.0. The van der Waals surface area contributed by atoms with Gasteiger partial charge in [-0.15, -0.1) is 0 Å². The predicted molar refractivity (Wildman–Crippen MR) is 58.7 cm³/mol. The second-order valence-electron chi connectivity index (χ2n) is 3.56. The van der Waals surface area contributed by atoms with E-state index >= 15 is 0 Å². The van der Waals surface area contributed by atoms with Crippen molar-refractivity contribution in [1.29, 1.82) is 0 Å². The summed E-state index contributed by atoms with van der Waals surface area (Å²) in [6.45, 7) is 0. The molecule has 1 unspecified atom stereocenters. The number of rotatable bonds is 2. The maximum absolute atomic E-state index is 6.05. The van der Waals surface area contributed by atoms with Gasteiger partial charge in [-0.2, -0.15) is 0 Å². The van der Waals surface area contributed by atoms with E-state index in [9.17, 15) is 0 Å². The average Bonchev–Trinajstić information content (AvgIpc) is 2.89. The smallest absolute Gasteiger partial charge is 0.217 e. The first-order chi connectivity index (χ1) is 7.84. The molecule has 80 valence electrons. The van der Waals surface area contributed by atoms with E-state index in [0.717, 1.165) is 5.56 Å². The van der Waals surface area contributed by atoms with Crippen molar-refractivity contribution in [3.05, 3.63) is 54.3 Å². The monoisotopic (exact) mass is 214 g/mol. The van der Waals surface area contributed by atoms with E-state index in [0.29, 0.717) is 17.0 Å². The van der Waals surface area contributed by atoms with Crippen LogP contribution >= 0.6 is 0 Å². The molecule has 0 fully saturated rings. The van der Waals surface area contributed by atoms with Gasteiger partial charge in [0.1, 0.15) is 24.1 Å². The van der Waals surface area contributed by atoms with Crippen LogP contribution in [0.4, 0.5) is 0 Å². The highest BCUT2D eigenvalue weighted by Crippen LogP contribution is 2.23. The number of hydrogen-bond donors (Lipinski definition) is 1. The van der Waals surface area contributed by atoms with Gasteiger partial charge in [-0.1, -0.05) is 30.3 Å². The molecule has 4 nitrogen and oxygen atoms in total. The Morgan fingerprint density at radius 1 is 1.12 bits per heavy atom. The van der Waals surface area contributed by atoms with Crippen molar-refractivity contribution in [3.8, 4) is 0 Å². The fourth-order valence-electron chi connectivity index (χ4n) is 1.63. The summed E-state index contributed by atoms with van der Waals surface area (Å²) < 4.78 is 10.4. The number of hydrogen-bond acceptors (Lipinski definition) is 4. The summed E-state index contributed by atoms with van der Waals surface area (Å²) >= 11 is 0. The molecular formula is C12H10N2O2. The molecule has 1 atom stereocenters. The van der Waals surface area contributed by atoms with Crippen LogP contribution in [0.1, 0.15) is 17.5 Å². The van der Waals surface area contributed by atoms with Gasteiger partial charge in [0.15, 0.2) is 5.58 Å². The molecule has 0 bridgehead atoms. The van der Waals surface area contributed by atoms with Crippen LogP contribution in [-0.2, 0) is 0 Å². The molecule has 0 saturated carbocycles. The summed E-state index contributed by atoms with van der Waals surface area (Å²) in [7, 11) is 0. The minimum atomic E-state index is -0.339. The number of furan rings is 1. The van der Waals surface area contributed by atoms with Gasteiger partial charge < -0.3 is 14.6 Å². The van der Waals surface area contributed by atoms with Crippen molar-refractivity contribution >= 4 is 11.1 Å². The van der Waals surface area contributed by atoms with Gasteiger partial charge in [-0.3, -0.25) is 0 Å². The van der Waals surface area contributed by atoms with Gasteiger partial charge in [-0.25, -0.2) is 4.98 Å². The largest absolute Gasteiger partial charge is 0.466 e. The summed E-state index contributed by atoms with van der Waals surface area (Å²) in [5, 5.41) is 0. The summed E-state index contributed by atoms with van der Waals surface area (Å²) in [5.74, 6) is 0.506. The second-order valence-corrected chi connectivity index (χ2v) is 3.56. The van der Waals surface area contributed by atoms with Crippen molar-refractivity contribution in [2.45, 2.75) is 6.04 Å². The van der Waals surface area contributed by atoms with E-state index in [1.807, 2.05) is 30.3 Å². The Hall–Kier alpha value is -2.07. The topological polar surface area (TPSA) is 65.2 Å². The molecule has 0 amide bonds. The summed E-state index contributed by atoms with van der Waals surface area (Å²) in [4.78, 5) is 4.26. The second kappa shape index (κ2) is 3.50. The lowest BCUT2D eigenvalue weighted by Crippen LogP contribution is -2.11. The van der Waals surface area contributed by atoms with Crippen molar-refractivity contribution in [2.75, 3.05) is 0 Å². The van der Waals surface area contributed by atoms with Gasteiger partial charge in [-0.05, 0) is 5.56 Å². The number of oxazole rings is 1. The average molecular weight is 214 g/mol. The van der Waals surface area contributed by atoms with E-state index in [1.54, 1.807) is 6.26 Å². The van der Waals surface area contributed by atoms with Crippen LogP contribution in [0.25, 0.3) is 11.1 Å². The molecule has 3 rings (SSSR count). The summed E-state index contributed by atoms with van der Waals surface area (Å²) in [5.41, 5.74) is 8.35. The Balaban J connectivity index is 2.01. The minimum absolute atomic E-state index is 0.339. The van der Waals surface area contributed by atoms with E-state index in [4.69, 9.17) is 14.6 Å². The molecular weight excluding hydrogens is 204 g/mol. The maximum atomic E-state index is 6.05. The van der Waals surface area contributed by atoms with Gasteiger partial charge in [0, 0.05) is 0 Å². The molecule has 0 aliphatic carbocycles. The zero-order valence-electron chi connectivity index (χ0n) is 8.46. The molecule has 0 saturated heterocycles. The Bertz CT molecular complexity index is 569. The number of nitrogens with zero attached hydrogens (tertiary/aromatic N) is 1. The Morgan fingerprint density at radius 2 is 1.94 bits per heavy atom. The van der Waals surface area contributed by atoms with E-state index in [2.05, 4.69) is 4.98 Å². The SMILES string of the molecule is NC(c1ccccc1)c1nc2cocc2o1. The lowest BCUT2D eigenvalue weighted by atomic mass is 10.1. The molecule has 3 aromatic rings. The van der Waals surface area contributed by atoms with Crippen molar-refractivity contribution < 1.29 is 8.83 Å². The van der Waals surface area contributed by atoms with E-state index < -0.39 is 0 Å². The Kier molecular flexibility index (Phi) is 2.01. The van der Waals surface area contributed by atoms with Crippen LogP contribution < -0.4 is 5.73 Å². The lowest BCUT2D eigenvalue weighted by Gasteiger charge is -2.06. The van der Waals surface area contributed by atoms with Gasteiger partial charge in [0.05, 0.1) is 0 Å². The molecule has 2 N–H and O–H groups in total. The summed E-state index contributed by atoms with van der Waals surface area (Å²) in [6, 6.07) is 9.38. The number of fused-ring (bicyclic) bond motifs is 1.